The van der Waals surface area contributed by atoms with E-state index in [1.54, 1.807) is 12.5 Å². The summed E-state index contributed by atoms with van der Waals surface area (Å²) >= 11 is 0. The summed E-state index contributed by atoms with van der Waals surface area (Å²) in [4.78, 5) is 7.23. The molecule has 0 aliphatic carbocycles. The van der Waals surface area contributed by atoms with Gasteiger partial charge in [-0.2, -0.15) is 5.10 Å². The third-order valence-electron chi connectivity index (χ3n) is 5.53. The minimum absolute atomic E-state index is 0. The van der Waals surface area contributed by atoms with E-state index in [2.05, 4.69) is 51.8 Å². The molecule has 0 spiro atoms. The molecular formula is C24H33IN6O2. The normalized spacial score (nSPS) is 15.6. The number of nitrogens with zero attached hydrogens (tertiary/aromatic N) is 4. The van der Waals surface area contributed by atoms with Crippen LogP contribution in [0.3, 0.4) is 0 Å². The first-order chi connectivity index (χ1) is 15.8. The van der Waals surface area contributed by atoms with Crippen LogP contribution in [0.2, 0.25) is 0 Å². The molecule has 4 rings (SSSR count). The van der Waals surface area contributed by atoms with Crippen LogP contribution in [0.4, 0.5) is 0 Å². The van der Waals surface area contributed by atoms with Crippen molar-refractivity contribution in [2.45, 2.75) is 19.4 Å². The van der Waals surface area contributed by atoms with Crippen molar-refractivity contribution in [1.29, 1.82) is 0 Å². The summed E-state index contributed by atoms with van der Waals surface area (Å²) in [6.07, 6.45) is 6.25. The Morgan fingerprint density at radius 1 is 1.18 bits per heavy atom. The molecule has 0 bridgehead atoms. The minimum atomic E-state index is 0. The van der Waals surface area contributed by atoms with Crippen LogP contribution in [0.1, 0.15) is 24.3 Å². The van der Waals surface area contributed by atoms with E-state index in [1.165, 1.54) is 5.56 Å². The summed E-state index contributed by atoms with van der Waals surface area (Å²) in [6.45, 7) is 8.11. The van der Waals surface area contributed by atoms with Crippen LogP contribution < -0.4 is 10.6 Å². The van der Waals surface area contributed by atoms with Crippen LogP contribution in [0, 0.1) is 0 Å². The van der Waals surface area contributed by atoms with Gasteiger partial charge in [-0.05, 0) is 42.8 Å². The quantitative estimate of drug-likeness (QED) is 0.236. The summed E-state index contributed by atoms with van der Waals surface area (Å²) in [7, 11) is 0. The van der Waals surface area contributed by atoms with Crippen molar-refractivity contribution in [1.82, 2.24) is 25.3 Å². The number of hydrogen-bond acceptors (Lipinski definition) is 5. The number of ether oxygens (including phenoxy) is 1. The Kier molecular flexibility index (Phi) is 10.2. The molecule has 1 fully saturated rings. The van der Waals surface area contributed by atoms with E-state index in [1.807, 2.05) is 29.1 Å². The number of benzene rings is 1. The largest absolute Gasteiger partial charge is 0.469 e. The maximum absolute atomic E-state index is 5.45. The third-order valence-corrected chi connectivity index (χ3v) is 5.53. The number of nitrogens with one attached hydrogen (secondary N) is 2. The lowest BCUT2D eigenvalue weighted by Gasteiger charge is -2.26. The molecule has 1 aliphatic rings. The summed E-state index contributed by atoms with van der Waals surface area (Å²) in [5.74, 6) is 1.77. The Bertz CT molecular complexity index is 955. The van der Waals surface area contributed by atoms with E-state index in [0.717, 1.165) is 69.8 Å². The lowest BCUT2D eigenvalue weighted by molar-refractivity contribution is 0.0394. The van der Waals surface area contributed by atoms with Crippen LogP contribution in [-0.4, -0.2) is 66.6 Å². The monoisotopic (exact) mass is 564 g/mol. The molecule has 9 heteroatoms. The molecule has 1 atom stereocenters. The summed E-state index contributed by atoms with van der Waals surface area (Å²) < 4.78 is 12.8. The van der Waals surface area contributed by atoms with Crippen LogP contribution >= 0.6 is 24.0 Å². The van der Waals surface area contributed by atoms with Crippen molar-refractivity contribution in [2.75, 3.05) is 45.9 Å². The van der Waals surface area contributed by atoms with Crippen molar-refractivity contribution in [3.8, 4) is 5.69 Å². The fraction of sp³-hybridized carbons (Fsp3) is 0.417. The second kappa shape index (κ2) is 13.4. The molecule has 0 radical (unpaired) electrons. The fourth-order valence-electron chi connectivity index (χ4n) is 3.69. The number of hydrogen-bond donors (Lipinski definition) is 2. The Morgan fingerprint density at radius 2 is 2.06 bits per heavy atom. The van der Waals surface area contributed by atoms with Crippen LogP contribution in [0.5, 0.6) is 0 Å². The van der Waals surface area contributed by atoms with Gasteiger partial charge < -0.3 is 19.8 Å². The van der Waals surface area contributed by atoms with Gasteiger partial charge in [0, 0.05) is 45.0 Å². The first-order valence-electron chi connectivity index (χ1n) is 11.3. The van der Waals surface area contributed by atoms with Gasteiger partial charge in [0.05, 0.1) is 37.8 Å². The molecule has 3 aromatic rings. The summed E-state index contributed by atoms with van der Waals surface area (Å²) in [5, 5.41) is 11.4. The molecule has 3 heterocycles. The molecule has 33 heavy (non-hydrogen) atoms. The molecular weight excluding hydrogens is 531 g/mol. The van der Waals surface area contributed by atoms with Gasteiger partial charge >= 0.3 is 0 Å². The van der Waals surface area contributed by atoms with Gasteiger partial charge in [0.1, 0.15) is 5.76 Å². The van der Waals surface area contributed by atoms with Crippen LogP contribution in [0.15, 0.2) is 70.5 Å². The number of rotatable bonds is 9. The van der Waals surface area contributed by atoms with Crippen LogP contribution in [-0.2, 0) is 11.2 Å². The second-order valence-corrected chi connectivity index (χ2v) is 7.85. The van der Waals surface area contributed by atoms with Crippen LogP contribution in [0.25, 0.3) is 5.69 Å². The standard InChI is InChI=1S/C24H32N6O2.HI/c1-20(21-5-2-6-22(19-21)30-12-4-9-27-30)28-24(25-10-8-23-7-3-16-32-23)26-11-13-29-14-17-31-18-15-29;/h2-7,9,12,16,19-20H,8,10-11,13-15,17-18H2,1H3,(H2,25,26,28);1H. The predicted molar refractivity (Wildman–Crippen MR) is 141 cm³/mol. The molecule has 2 aromatic heterocycles. The smallest absolute Gasteiger partial charge is 0.191 e. The Labute approximate surface area is 212 Å². The zero-order chi connectivity index (χ0) is 22.0. The number of aromatic nitrogens is 2. The van der Waals surface area contributed by atoms with Crippen molar-refractivity contribution in [2.24, 2.45) is 4.99 Å². The zero-order valence-corrected chi connectivity index (χ0v) is 21.4. The van der Waals surface area contributed by atoms with Gasteiger partial charge in [0.25, 0.3) is 0 Å². The van der Waals surface area contributed by atoms with E-state index in [-0.39, 0.29) is 30.0 Å². The molecule has 0 saturated carbocycles. The highest BCUT2D eigenvalue weighted by Gasteiger charge is 2.12. The lowest BCUT2D eigenvalue weighted by atomic mass is 10.1. The van der Waals surface area contributed by atoms with Gasteiger partial charge in [-0.25, -0.2) is 4.68 Å². The van der Waals surface area contributed by atoms with Gasteiger partial charge in [-0.3, -0.25) is 9.89 Å². The van der Waals surface area contributed by atoms with Crippen molar-refractivity contribution in [3.05, 3.63) is 72.4 Å². The number of guanidine groups is 1. The Balaban J connectivity index is 0.00000306. The Hall–Kier alpha value is -2.37. The second-order valence-electron chi connectivity index (χ2n) is 7.85. The molecule has 1 saturated heterocycles. The van der Waals surface area contributed by atoms with Gasteiger partial charge in [-0.15, -0.1) is 24.0 Å². The zero-order valence-electron chi connectivity index (χ0n) is 19.0. The number of furan rings is 1. The first kappa shape index (κ1) is 25.3. The van der Waals surface area contributed by atoms with E-state index in [0.29, 0.717) is 0 Å². The van der Waals surface area contributed by atoms with Crippen molar-refractivity contribution in [3.63, 3.8) is 0 Å². The topological polar surface area (TPSA) is 79.9 Å². The van der Waals surface area contributed by atoms with E-state index < -0.39 is 0 Å². The minimum Gasteiger partial charge on any atom is -0.469 e. The van der Waals surface area contributed by atoms with Gasteiger partial charge in [0.15, 0.2) is 5.96 Å². The SMILES string of the molecule is CC(NC(=NCCN1CCOCC1)NCCc1ccco1)c1cccc(-n2cccn2)c1.I. The predicted octanol–water partition coefficient (Wildman–Crippen LogP) is 3.25. The van der Waals surface area contributed by atoms with E-state index in [9.17, 15) is 0 Å². The first-order valence-corrected chi connectivity index (χ1v) is 11.3. The summed E-state index contributed by atoms with van der Waals surface area (Å²) in [5.41, 5.74) is 2.21. The van der Waals surface area contributed by atoms with Crippen molar-refractivity contribution >= 4 is 29.9 Å². The molecule has 2 N–H and O–H groups in total. The fourth-order valence-corrected chi connectivity index (χ4v) is 3.69. The van der Waals surface area contributed by atoms with E-state index >= 15 is 0 Å². The van der Waals surface area contributed by atoms with E-state index in [4.69, 9.17) is 14.1 Å². The highest BCUT2D eigenvalue weighted by Crippen LogP contribution is 2.16. The van der Waals surface area contributed by atoms with Gasteiger partial charge in [0.2, 0.25) is 0 Å². The summed E-state index contributed by atoms with van der Waals surface area (Å²) in [6, 6.07) is 14.3. The maximum Gasteiger partial charge on any atom is 0.191 e. The molecule has 1 unspecified atom stereocenters. The Morgan fingerprint density at radius 3 is 2.82 bits per heavy atom. The molecule has 1 aromatic carbocycles. The number of aliphatic imine (C=N–C) groups is 1. The average molecular weight is 564 g/mol. The third kappa shape index (κ3) is 7.86. The van der Waals surface area contributed by atoms with Gasteiger partial charge in [-0.1, -0.05) is 12.1 Å². The number of morpholine rings is 1. The average Bonchev–Trinajstić information content (AvgIpc) is 3.54. The number of halogens is 1. The highest BCUT2D eigenvalue weighted by atomic mass is 127. The maximum atomic E-state index is 5.45. The van der Waals surface area contributed by atoms with Crippen molar-refractivity contribution < 1.29 is 9.15 Å². The molecule has 1 aliphatic heterocycles. The molecule has 0 amide bonds. The molecule has 178 valence electrons. The lowest BCUT2D eigenvalue weighted by Crippen LogP contribution is -2.41. The highest BCUT2D eigenvalue weighted by molar-refractivity contribution is 14.0. The molecule has 8 nitrogen and oxygen atoms in total.